The van der Waals surface area contributed by atoms with Crippen LogP contribution in [0, 0.1) is 17.2 Å². The van der Waals surface area contributed by atoms with Crippen molar-refractivity contribution >= 4 is 0 Å². The van der Waals surface area contributed by atoms with Crippen LogP contribution in [0.15, 0.2) is 18.3 Å². The molecule has 0 aliphatic carbocycles. The first-order valence-corrected chi connectivity index (χ1v) is 5.22. The van der Waals surface area contributed by atoms with Crippen LogP contribution in [0.3, 0.4) is 0 Å². The third-order valence-corrected chi connectivity index (χ3v) is 2.57. The second-order valence-corrected chi connectivity index (χ2v) is 4.07. The molecule has 0 aromatic carbocycles. The molecule has 1 atom stereocenters. The van der Waals surface area contributed by atoms with E-state index in [4.69, 9.17) is 5.26 Å². The first kappa shape index (κ1) is 11.7. The van der Waals surface area contributed by atoms with Crippen molar-refractivity contribution in [2.45, 2.75) is 33.4 Å². The second kappa shape index (κ2) is 5.47. The van der Waals surface area contributed by atoms with Gasteiger partial charge in [-0.1, -0.05) is 13.8 Å². The topological polar surface area (TPSA) is 48.7 Å². The molecule has 80 valence electrons. The molecule has 1 rings (SSSR count). The van der Waals surface area contributed by atoms with Gasteiger partial charge >= 0.3 is 0 Å². The van der Waals surface area contributed by atoms with Crippen LogP contribution in [-0.4, -0.2) is 11.0 Å². The molecule has 0 fully saturated rings. The smallest absolute Gasteiger partial charge is 0.140 e. The van der Waals surface area contributed by atoms with Crippen LogP contribution >= 0.6 is 0 Å². The van der Waals surface area contributed by atoms with Crippen molar-refractivity contribution in [1.82, 2.24) is 10.3 Å². The molecular weight excluding hydrogens is 186 g/mol. The third-order valence-electron chi connectivity index (χ3n) is 2.57. The summed E-state index contributed by atoms with van der Waals surface area (Å²) in [5, 5.41) is 12.1. The highest BCUT2D eigenvalue weighted by molar-refractivity contribution is 5.25. The molecule has 0 aliphatic rings. The van der Waals surface area contributed by atoms with Crippen molar-refractivity contribution in [3.8, 4) is 6.07 Å². The lowest BCUT2D eigenvalue weighted by molar-refractivity contribution is 0.426. The molecule has 3 nitrogen and oxygen atoms in total. The van der Waals surface area contributed by atoms with Gasteiger partial charge in [-0.05, 0) is 30.5 Å². The van der Waals surface area contributed by atoms with E-state index in [0.717, 1.165) is 12.1 Å². The van der Waals surface area contributed by atoms with Crippen LogP contribution in [-0.2, 0) is 6.54 Å². The summed E-state index contributed by atoms with van der Waals surface area (Å²) in [6.07, 6.45) is 1.68. The lowest BCUT2D eigenvalue weighted by Crippen LogP contribution is -2.30. The molecule has 1 unspecified atom stereocenters. The molecule has 1 aromatic rings. The average Bonchev–Trinajstić information content (AvgIpc) is 2.26. The van der Waals surface area contributed by atoms with E-state index in [0.29, 0.717) is 17.7 Å². The van der Waals surface area contributed by atoms with Crippen molar-refractivity contribution in [3.05, 3.63) is 29.6 Å². The Kier molecular flexibility index (Phi) is 4.26. The maximum absolute atomic E-state index is 8.69. The van der Waals surface area contributed by atoms with Crippen molar-refractivity contribution in [3.63, 3.8) is 0 Å². The molecule has 0 radical (unpaired) electrons. The van der Waals surface area contributed by atoms with Gasteiger partial charge in [-0.2, -0.15) is 5.26 Å². The molecule has 0 spiro atoms. The Morgan fingerprint density at radius 1 is 1.47 bits per heavy atom. The van der Waals surface area contributed by atoms with Crippen LogP contribution in [0.1, 0.15) is 32.0 Å². The molecular formula is C12H17N3. The highest BCUT2D eigenvalue weighted by atomic mass is 14.9. The monoisotopic (exact) mass is 203 g/mol. The van der Waals surface area contributed by atoms with Gasteiger partial charge in [-0.3, -0.25) is 0 Å². The van der Waals surface area contributed by atoms with Gasteiger partial charge in [-0.25, -0.2) is 4.98 Å². The van der Waals surface area contributed by atoms with E-state index < -0.39 is 0 Å². The summed E-state index contributed by atoms with van der Waals surface area (Å²) in [6.45, 7) is 7.32. The molecule has 3 heteroatoms. The average molecular weight is 203 g/mol. The number of rotatable bonds is 4. The number of nitrogens with zero attached hydrogens (tertiary/aromatic N) is 2. The van der Waals surface area contributed by atoms with Crippen LogP contribution < -0.4 is 5.32 Å². The lowest BCUT2D eigenvalue weighted by Gasteiger charge is -2.17. The standard InChI is InChI=1S/C12H17N3/c1-9(2)10(3)15-8-11-4-5-14-12(6-11)7-13/h4-6,9-10,15H,8H2,1-3H3. The zero-order valence-corrected chi connectivity index (χ0v) is 9.49. The first-order valence-electron chi connectivity index (χ1n) is 5.22. The number of hydrogen-bond donors (Lipinski definition) is 1. The summed E-state index contributed by atoms with van der Waals surface area (Å²) >= 11 is 0. The molecule has 1 aromatic heterocycles. The van der Waals surface area contributed by atoms with Crippen molar-refractivity contribution in [2.24, 2.45) is 5.92 Å². The fourth-order valence-corrected chi connectivity index (χ4v) is 1.16. The van der Waals surface area contributed by atoms with Gasteiger partial charge in [0.25, 0.3) is 0 Å². The summed E-state index contributed by atoms with van der Waals surface area (Å²) < 4.78 is 0. The van der Waals surface area contributed by atoms with Gasteiger partial charge < -0.3 is 5.32 Å². The van der Waals surface area contributed by atoms with E-state index in [-0.39, 0.29) is 0 Å². The van der Waals surface area contributed by atoms with Crippen molar-refractivity contribution < 1.29 is 0 Å². The minimum absolute atomic E-state index is 0.476. The zero-order valence-electron chi connectivity index (χ0n) is 9.49. The summed E-state index contributed by atoms with van der Waals surface area (Å²) in [6, 6.07) is 6.27. The highest BCUT2D eigenvalue weighted by Gasteiger charge is 2.05. The summed E-state index contributed by atoms with van der Waals surface area (Å²) in [5.41, 5.74) is 1.58. The minimum atomic E-state index is 0.476. The Hall–Kier alpha value is -1.40. The first-order chi connectivity index (χ1) is 7.13. The fourth-order valence-electron chi connectivity index (χ4n) is 1.16. The predicted octanol–water partition coefficient (Wildman–Crippen LogP) is 2.09. The van der Waals surface area contributed by atoms with Crippen LogP contribution in [0.2, 0.25) is 0 Å². The van der Waals surface area contributed by atoms with E-state index >= 15 is 0 Å². The predicted molar refractivity (Wildman–Crippen MR) is 60.1 cm³/mol. The SMILES string of the molecule is CC(C)C(C)NCc1ccnc(C#N)c1. The van der Waals surface area contributed by atoms with E-state index in [9.17, 15) is 0 Å². The highest BCUT2D eigenvalue weighted by Crippen LogP contribution is 2.04. The van der Waals surface area contributed by atoms with Gasteiger partial charge in [0, 0.05) is 18.8 Å². The third kappa shape index (κ3) is 3.69. The van der Waals surface area contributed by atoms with Gasteiger partial charge in [0.05, 0.1) is 0 Å². The number of aromatic nitrogens is 1. The number of nitrogens with one attached hydrogen (secondary N) is 1. The van der Waals surface area contributed by atoms with Crippen molar-refractivity contribution in [1.29, 1.82) is 5.26 Å². The largest absolute Gasteiger partial charge is 0.310 e. The Balaban J connectivity index is 2.55. The van der Waals surface area contributed by atoms with E-state index in [1.807, 2.05) is 18.2 Å². The van der Waals surface area contributed by atoms with Gasteiger partial charge in [0.1, 0.15) is 11.8 Å². The van der Waals surface area contributed by atoms with Crippen LogP contribution in [0.5, 0.6) is 0 Å². The Bertz CT molecular complexity index is 352. The minimum Gasteiger partial charge on any atom is -0.310 e. The van der Waals surface area contributed by atoms with E-state index in [2.05, 4.69) is 31.1 Å². The summed E-state index contributed by atoms with van der Waals surface area (Å²) in [4.78, 5) is 3.93. The van der Waals surface area contributed by atoms with E-state index in [1.54, 1.807) is 6.20 Å². The molecule has 0 aliphatic heterocycles. The Morgan fingerprint density at radius 2 is 2.20 bits per heavy atom. The van der Waals surface area contributed by atoms with Gasteiger partial charge in [-0.15, -0.1) is 0 Å². The maximum atomic E-state index is 8.69. The zero-order chi connectivity index (χ0) is 11.3. The normalized spacial score (nSPS) is 12.5. The number of nitriles is 1. The molecule has 0 saturated heterocycles. The molecule has 1 N–H and O–H groups in total. The molecule has 0 saturated carbocycles. The lowest BCUT2D eigenvalue weighted by atomic mass is 10.1. The molecule has 15 heavy (non-hydrogen) atoms. The fraction of sp³-hybridized carbons (Fsp3) is 0.500. The Morgan fingerprint density at radius 3 is 2.80 bits per heavy atom. The summed E-state index contributed by atoms with van der Waals surface area (Å²) in [5.74, 6) is 0.613. The number of hydrogen-bond acceptors (Lipinski definition) is 3. The second-order valence-electron chi connectivity index (χ2n) is 4.07. The molecule has 1 heterocycles. The summed E-state index contributed by atoms with van der Waals surface area (Å²) in [7, 11) is 0. The quantitative estimate of drug-likeness (QED) is 0.815. The molecule has 0 bridgehead atoms. The maximum Gasteiger partial charge on any atom is 0.140 e. The Labute approximate surface area is 91.1 Å². The molecule has 0 amide bonds. The van der Waals surface area contributed by atoms with Gasteiger partial charge in [0.2, 0.25) is 0 Å². The van der Waals surface area contributed by atoms with Crippen molar-refractivity contribution in [2.75, 3.05) is 0 Å². The van der Waals surface area contributed by atoms with Gasteiger partial charge in [0.15, 0.2) is 0 Å². The number of pyridine rings is 1. The van der Waals surface area contributed by atoms with E-state index in [1.165, 1.54) is 0 Å². The van der Waals surface area contributed by atoms with Crippen LogP contribution in [0.25, 0.3) is 0 Å². The van der Waals surface area contributed by atoms with Crippen LogP contribution in [0.4, 0.5) is 0 Å².